The van der Waals surface area contributed by atoms with Gasteiger partial charge in [-0.3, -0.25) is 9.88 Å². The standard InChI is InChI=1S/C22H31FN4O2S/c1-2-24-18-30(28,29)17-5-12-26-13-15-27(16-14-26)22(21-6-3-4-11-25-21)19-7-9-20(23)10-8-19/h3-4,6-11,22,24H,2,5,12-18H2,1H3. The lowest BCUT2D eigenvalue weighted by Crippen LogP contribution is -2.48. The summed E-state index contributed by atoms with van der Waals surface area (Å²) in [5.74, 6) is 0.0278. The molecule has 30 heavy (non-hydrogen) atoms. The van der Waals surface area contributed by atoms with Gasteiger partial charge < -0.3 is 10.2 Å². The number of rotatable bonds is 10. The molecule has 1 fully saturated rings. The van der Waals surface area contributed by atoms with Gasteiger partial charge in [0.15, 0.2) is 9.84 Å². The van der Waals surface area contributed by atoms with Gasteiger partial charge in [0, 0.05) is 32.4 Å². The number of halogens is 1. The topological polar surface area (TPSA) is 65.5 Å². The third-order valence-corrected chi connectivity index (χ3v) is 6.98. The van der Waals surface area contributed by atoms with Gasteiger partial charge in [0.1, 0.15) is 5.82 Å². The SMILES string of the molecule is CCNCS(=O)(=O)CCCN1CCN(C(c2ccc(F)cc2)c2ccccn2)CC1. The number of piperazine rings is 1. The lowest BCUT2D eigenvalue weighted by Gasteiger charge is -2.39. The summed E-state index contributed by atoms with van der Waals surface area (Å²) in [6.07, 6.45) is 2.44. The molecule has 6 nitrogen and oxygen atoms in total. The Hall–Kier alpha value is -1.87. The highest BCUT2D eigenvalue weighted by Gasteiger charge is 2.27. The van der Waals surface area contributed by atoms with Crippen LogP contribution in [0.2, 0.25) is 0 Å². The zero-order valence-electron chi connectivity index (χ0n) is 17.5. The van der Waals surface area contributed by atoms with E-state index in [-0.39, 0.29) is 23.5 Å². The molecule has 164 valence electrons. The highest BCUT2D eigenvalue weighted by molar-refractivity contribution is 7.91. The molecule has 1 saturated heterocycles. The molecule has 8 heteroatoms. The van der Waals surface area contributed by atoms with Crippen LogP contribution < -0.4 is 5.32 Å². The second kappa shape index (κ2) is 10.9. The number of nitrogens with one attached hydrogen (secondary N) is 1. The molecule has 1 atom stereocenters. The van der Waals surface area contributed by atoms with Crippen molar-refractivity contribution >= 4 is 9.84 Å². The van der Waals surface area contributed by atoms with E-state index in [9.17, 15) is 12.8 Å². The Morgan fingerprint density at radius 1 is 1.10 bits per heavy atom. The first-order valence-corrected chi connectivity index (χ1v) is 12.3. The predicted molar refractivity (Wildman–Crippen MR) is 117 cm³/mol. The average Bonchev–Trinajstić information content (AvgIpc) is 2.76. The molecule has 3 rings (SSSR count). The van der Waals surface area contributed by atoms with Crippen molar-refractivity contribution in [2.24, 2.45) is 0 Å². The van der Waals surface area contributed by atoms with Gasteiger partial charge in [0.25, 0.3) is 0 Å². The van der Waals surface area contributed by atoms with Gasteiger partial charge in [0.2, 0.25) is 0 Å². The molecule has 0 aliphatic carbocycles. The zero-order valence-corrected chi connectivity index (χ0v) is 18.3. The second-order valence-electron chi connectivity index (χ2n) is 7.64. The first-order valence-electron chi connectivity index (χ1n) is 10.5. The fourth-order valence-electron chi connectivity index (χ4n) is 3.83. The van der Waals surface area contributed by atoms with Crippen LogP contribution in [-0.4, -0.2) is 74.1 Å². The lowest BCUT2D eigenvalue weighted by molar-refractivity contribution is 0.108. The second-order valence-corrected chi connectivity index (χ2v) is 9.82. The molecule has 1 unspecified atom stereocenters. The summed E-state index contributed by atoms with van der Waals surface area (Å²) in [5.41, 5.74) is 1.98. The molecule has 0 radical (unpaired) electrons. The van der Waals surface area contributed by atoms with E-state index in [0.29, 0.717) is 13.0 Å². The summed E-state index contributed by atoms with van der Waals surface area (Å²) in [5, 5.41) is 2.89. The van der Waals surface area contributed by atoms with Crippen molar-refractivity contribution in [2.75, 3.05) is 50.9 Å². The molecule has 0 bridgehead atoms. The lowest BCUT2D eigenvalue weighted by atomic mass is 10.00. The van der Waals surface area contributed by atoms with Crippen LogP contribution in [0, 0.1) is 5.82 Å². The van der Waals surface area contributed by atoms with E-state index < -0.39 is 9.84 Å². The third-order valence-electron chi connectivity index (χ3n) is 5.43. The largest absolute Gasteiger partial charge is 0.304 e. The quantitative estimate of drug-likeness (QED) is 0.619. The van der Waals surface area contributed by atoms with Crippen molar-refractivity contribution < 1.29 is 12.8 Å². The minimum atomic E-state index is -3.03. The van der Waals surface area contributed by atoms with Crippen molar-refractivity contribution in [3.05, 3.63) is 65.7 Å². The van der Waals surface area contributed by atoms with Crippen LogP contribution in [0.4, 0.5) is 4.39 Å². The summed E-state index contributed by atoms with van der Waals surface area (Å²) in [6, 6.07) is 12.5. The van der Waals surface area contributed by atoms with E-state index in [1.165, 1.54) is 12.1 Å². The van der Waals surface area contributed by atoms with Crippen molar-refractivity contribution in [3.8, 4) is 0 Å². The van der Waals surface area contributed by atoms with E-state index in [1.807, 2.05) is 37.3 Å². The molecule has 0 saturated carbocycles. The zero-order chi connectivity index (χ0) is 21.4. The third kappa shape index (κ3) is 6.57. The summed E-state index contributed by atoms with van der Waals surface area (Å²) < 4.78 is 37.4. The Kier molecular flexibility index (Phi) is 8.32. The summed E-state index contributed by atoms with van der Waals surface area (Å²) in [6.45, 7) is 6.79. The monoisotopic (exact) mass is 434 g/mol. The summed E-state index contributed by atoms with van der Waals surface area (Å²) in [7, 11) is -3.03. The number of benzene rings is 1. The van der Waals surface area contributed by atoms with Crippen LogP contribution >= 0.6 is 0 Å². The molecule has 2 heterocycles. The Morgan fingerprint density at radius 3 is 2.47 bits per heavy atom. The molecule has 1 aromatic heterocycles. The molecule has 1 aromatic carbocycles. The number of nitrogens with zero attached hydrogens (tertiary/aromatic N) is 3. The van der Waals surface area contributed by atoms with Gasteiger partial charge in [-0.05, 0) is 49.3 Å². The predicted octanol–water partition coefficient (Wildman–Crippen LogP) is 2.30. The molecule has 1 aliphatic heterocycles. The van der Waals surface area contributed by atoms with Crippen molar-refractivity contribution in [1.29, 1.82) is 0 Å². The average molecular weight is 435 g/mol. The van der Waals surface area contributed by atoms with E-state index >= 15 is 0 Å². The summed E-state index contributed by atoms with van der Waals surface area (Å²) >= 11 is 0. The Balaban J connectivity index is 1.58. The molecular formula is C22H31FN4O2S. The van der Waals surface area contributed by atoms with Crippen LogP contribution in [0.15, 0.2) is 48.7 Å². The first-order chi connectivity index (χ1) is 14.5. The summed E-state index contributed by atoms with van der Waals surface area (Å²) in [4.78, 5) is 9.24. The normalized spacial score (nSPS) is 17.1. The van der Waals surface area contributed by atoms with Gasteiger partial charge in [0.05, 0.1) is 23.4 Å². The van der Waals surface area contributed by atoms with Gasteiger partial charge in [-0.2, -0.15) is 0 Å². The minimum Gasteiger partial charge on any atom is -0.304 e. The van der Waals surface area contributed by atoms with E-state index in [2.05, 4.69) is 20.1 Å². The van der Waals surface area contributed by atoms with Crippen LogP contribution in [0.3, 0.4) is 0 Å². The smallest absolute Gasteiger partial charge is 0.163 e. The molecule has 2 aromatic rings. The number of sulfone groups is 1. The molecule has 0 spiro atoms. The number of aromatic nitrogens is 1. The Morgan fingerprint density at radius 2 is 1.83 bits per heavy atom. The maximum atomic E-state index is 13.4. The Bertz CT molecular complexity index is 870. The maximum Gasteiger partial charge on any atom is 0.163 e. The highest BCUT2D eigenvalue weighted by atomic mass is 32.2. The van der Waals surface area contributed by atoms with Gasteiger partial charge in [-0.25, -0.2) is 12.8 Å². The van der Waals surface area contributed by atoms with Gasteiger partial charge >= 0.3 is 0 Å². The van der Waals surface area contributed by atoms with Crippen molar-refractivity contribution in [2.45, 2.75) is 19.4 Å². The van der Waals surface area contributed by atoms with Crippen LogP contribution in [0.25, 0.3) is 0 Å². The molecule has 1 aliphatic rings. The fourth-order valence-corrected chi connectivity index (χ4v) is 5.06. The number of hydrogen-bond acceptors (Lipinski definition) is 6. The van der Waals surface area contributed by atoms with E-state index in [0.717, 1.165) is 44.0 Å². The van der Waals surface area contributed by atoms with Crippen LogP contribution in [0.5, 0.6) is 0 Å². The van der Waals surface area contributed by atoms with Crippen LogP contribution in [0.1, 0.15) is 30.6 Å². The van der Waals surface area contributed by atoms with Crippen molar-refractivity contribution in [1.82, 2.24) is 20.1 Å². The molecule has 0 amide bonds. The number of pyridine rings is 1. The van der Waals surface area contributed by atoms with E-state index in [4.69, 9.17) is 0 Å². The van der Waals surface area contributed by atoms with E-state index in [1.54, 1.807) is 6.20 Å². The Labute approximate surface area is 179 Å². The fraction of sp³-hybridized carbons (Fsp3) is 0.500. The minimum absolute atomic E-state index is 0.0190. The molecule has 1 N–H and O–H groups in total. The molecular weight excluding hydrogens is 403 g/mol. The maximum absolute atomic E-state index is 13.4. The van der Waals surface area contributed by atoms with Gasteiger partial charge in [-0.1, -0.05) is 25.1 Å². The van der Waals surface area contributed by atoms with Crippen LogP contribution in [-0.2, 0) is 9.84 Å². The highest BCUT2D eigenvalue weighted by Crippen LogP contribution is 2.28. The van der Waals surface area contributed by atoms with Crippen molar-refractivity contribution in [3.63, 3.8) is 0 Å². The van der Waals surface area contributed by atoms with Gasteiger partial charge in [-0.15, -0.1) is 0 Å². The number of hydrogen-bond donors (Lipinski definition) is 1. The first kappa shape index (κ1) is 22.8.